The second-order valence-corrected chi connectivity index (χ2v) is 8.98. The van der Waals surface area contributed by atoms with E-state index in [1.54, 1.807) is 4.57 Å². The van der Waals surface area contributed by atoms with Gasteiger partial charge in [-0.1, -0.05) is 29.5 Å². The summed E-state index contributed by atoms with van der Waals surface area (Å²) in [6, 6.07) is 7.63. The van der Waals surface area contributed by atoms with E-state index in [2.05, 4.69) is 5.32 Å². The van der Waals surface area contributed by atoms with Gasteiger partial charge in [-0.15, -0.1) is 11.3 Å². The van der Waals surface area contributed by atoms with Crippen LogP contribution >= 0.6 is 23.1 Å². The Balaban J connectivity index is 1.85. The van der Waals surface area contributed by atoms with E-state index in [1.807, 2.05) is 58.9 Å². The molecular formula is C20H23N3O2S2. The Morgan fingerprint density at radius 3 is 2.52 bits per heavy atom. The van der Waals surface area contributed by atoms with Crippen molar-refractivity contribution in [3.8, 4) is 0 Å². The van der Waals surface area contributed by atoms with Gasteiger partial charge in [0.15, 0.2) is 5.16 Å². The fourth-order valence-electron chi connectivity index (χ4n) is 2.81. The quantitative estimate of drug-likeness (QED) is 0.497. The number of nitrogens with one attached hydrogen (secondary N) is 1. The highest BCUT2D eigenvalue weighted by Crippen LogP contribution is 2.29. The predicted octanol–water partition coefficient (Wildman–Crippen LogP) is 4.69. The van der Waals surface area contributed by atoms with Gasteiger partial charge < -0.3 is 5.32 Å². The third-order valence-electron chi connectivity index (χ3n) is 4.39. The van der Waals surface area contributed by atoms with Crippen molar-refractivity contribution < 1.29 is 4.79 Å². The Hall–Kier alpha value is -2.12. The molecular weight excluding hydrogens is 378 g/mol. The minimum absolute atomic E-state index is 0.0294. The van der Waals surface area contributed by atoms with Gasteiger partial charge in [0.25, 0.3) is 5.56 Å². The Labute approximate surface area is 166 Å². The molecule has 27 heavy (non-hydrogen) atoms. The molecule has 0 bridgehead atoms. The first-order chi connectivity index (χ1) is 12.8. The minimum atomic E-state index is -0.118. The normalized spacial score (nSPS) is 11.3. The summed E-state index contributed by atoms with van der Waals surface area (Å²) in [6.45, 7) is 9.88. The number of hydrogen-bond acceptors (Lipinski definition) is 5. The molecule has 0 aliphatic rings. The van der Waals surface area contributed by atoms with Gasteiger partial charge >= 0.3 is 0 Å². The van der Waals surface area contributed by atoms with Gasteiger partial charge in [-0.2, -0.15) is 0 Å². The van der Waals surface area contributed by atoms with Crippen LogP contribution in [0.4, 0.5) is 5.69 Å². The molecule has 0 aliphatic carbocycles. The van der Waals surface area contributed by atoms with Crippen molar-refractivity contribution in [1.29, 1.82) is 0 Å². The third-order valence-corrected chi connectivity index (χ3v) is 6.44. The van der Waals surface area contributed by atoms with Crippen molar-refractivity contribution in [3.05, 3.63) is 50.6 Å². The number of nitrogens with zero attached hydrogens (tertiary/aromatic N) is 2. The van der Waals surface area contributed by atoms with Crippen LogP contribution in [-0.2, 0) is 4.79 Å². The fraction of sp³-hybridized carbons (Fsp3) is 0.350. The first kappa shape index (κ1) is 19.6. The van der Waals surface area contributed by atoms with E-state index < -0.39 is 0 Å². The number of fused-ring (bicyclic) bond motifs is 1. The van der Waals surface area contributed by atoms with Crippen molar-refractivity contribution in [1.82, 2.24) is 9.55 Å². The van der Waals surface area contributed by atoms with E-state index in [1.165, 1.54) is 23.1 Å². The zero-order valence-electron chi connectivity index (χ0n) is 16.1. The molecule has 2 heterocycles. The number of rotatable bonds is 5. The molecule has 1 aromatic carbocycles. The second-order valence-electron chi connectivity index (χ2n) is 6.83. The molecule has 0 fully saturated rings. The van der Waals surface area contributed by atoms with Crippen molar-refractivity contribution in [2.45, 2.75) is 45.8 Å². The van der Waals surface area contributed by atoms with Gasteiger partial charge in [0.2, 0.25) is 5.91 Å². The first-order valence-electron chi connectivity index (χ1n) is 8.79. The van der Waals surface area contributed by atoms with Gasteiger partial charge in [0.05, 0.1) is 11.1 Å². The molecule has 0 saturated heterocycles. The fourth-order valence-corrected chi connectivity index (χ4v) is 4.81. The number of thioether (sulfide) groups is 1. The van der Waals surface area contributed by atoms with Crippen molar-refractivity contribution >= 4 is 44.9 Å². The van der Waals surface area contributed by atoms with Crippen LogP contribution in [0, 0.1) is 20.8 Å². The average molecular weight is 402 g/mol. The number of thiophene rings is 1. The molecule has 0 spiro atoms. The maximum atomic E-state index is 13.0. The van der Waals surface area contributed by atoms with Crippen LogP contribution < -0.4 is 10.9 Å². The van der Waals surface area contributed by atoms with Gasteiger partial charge in [-0.3, -0.25) is 14.2 Å². The van der Waals surface area contributed by atoms with Crippen molar-refractivity contribution in [3.63, 3.8) is 0 Å². The lowest BCUT2D eigenvalue weighted by Gasteiger charge is -2.15. The maximum Gasteiger partial charge on any atom is 0.263 e. The molecule has 1 N–H and O–H groups in total. The smallest absolute Gasteiger partial charge is 0.263 e. The Morgan fingerprint density at radius 2 is 1.89 bits per heavy atom. The van der Waals surface area contributed by atoms with E-state index >= 15 is 0 Å². The largest absolute Gasteiger partial charge is 0.325 e. The number of amides is 1. The van der Waals surface area contributed by atoms with Crippen LogP contribution in [-0.4, -0.2) is 21.2 Å². The Bertz CT molecular complexity index is 1050. The van der Waals surface area contributed by atoms with Crippen molar-refractivity contribution in [2.75, 3.05) is 11.1 Å². The topological polar surface area (TPSA) is 64.0 Å². The van der Waals surface area contributed by atoms with E-state index in [-0.39, 0.29) is 23.3 Å². The zero-order chi connectivity index (χ0) is 19.7. The number of carbonyl (C=O) groups is 1. The summed E-state index contributed by atoms with van der Waals surface area (Å²) in [6.07, 6.45) is 0. The number of aromatic nitrogens is 2. The molecule has 3 rings (SSSR count). The number of aryl methyl sites for hydroxylation is 3. The number of benzene rings is 1. The summed E-state index contributed by atoms with van der Waals surface area (Å²) in [5.41, 5.74) is 2.87. The Kier molecular flexibility index (Phi) is 5.72. The molecule has 7 heteroatoms. The van der Waals surface area contributed by atoms with E-state index in [0.29, 0.717) is 10.5 Å². The molecule has 0 unspecified atom stereocenters. The number of hydrogen-bond donors (Lipinski definition) is 1. The molecule has 142 valence electrons. The Morgan fingerprint density at radius 1 is 1.22 bits per heavy atom. The summed E-state index contributed by atoms with van der Waals surface area (Å²) in [5.74, 6) is 0.0778. The van der Waals surface area contributed by atoms with Crippen LogP contribution in [0.1, 0.15) is 35.9 Å². The summed E-state index contributed by atoms with van der Waals surface area (Å²) in [5, 5.41) is 4.16. The van der Waals surface area contributed by atoms with Crippen LogP contribution in [0.3, 0.4) is 0 Å². The molecule has 3 aromatic rings. The molecule has 0 saturated carbocycles. The van der Waals surface area contributed by atoms with Gasteiger partial charge in [0, 0.05) is 16.6 Å². The standard InChI is InChI=1S/C20H23N3O2S2/c1-11(2)23-19(25)17-13(4)14(5)27-18(17)22-20(23)26-10-16(24)21-15-8-6-12(3)7-9-15/h6-9,11H,10H2,1-5H3,(H,21,24). The molecule has 1 amide bonds. The molecule has 0 aliphatic heterocycles. The van der Waals surface area contributed by atoms with Gasteiger partial charge in [-0.05, 0) is 52.3 Å². The summed E-state index contributed by atoms with van der Waals surface area (Å²) in [7, 11) is 0. The molecule has 5 nitrogen and oxygen atoms in total. The van der Waals surface area contributed by atoms with E-state index in [9.17, 15) is 9.59 Å². The van der Waals surface area contributed by atoms with Crippen LogP contribution in [0.25, 0.3) is 10.2 Å². The molecule has 0 radical (unpaired) electrons. The van der Waals surface area contributed by atoms with Crippen LogP contribution in [0.5, 0.6) is 0 Å². The highest BCUT2D eigenvalue weighted by molar-refractivity contribution is 7.99. The van der Waals surface area contributed by atoms with Gasteiger partial charge in [-0.25, -0.2) is 4.98 Å². The SMILES string of the molecule is Cc1ccc(NC(=O)CSc2nc3sc(C)c(C)c3c(=O)n2C(C)C)cc1. The zero-order valence-corrected chi connectivity index (χ0v) is 17.8. The minimum Gasteiger partial charge on any atom is -0.325 e. The third kappa shape index (κ3) is 4.09. The van der Waals surface area contributed by atoms with Crippen molar-refractivity contribution in [2.24, 2.45) is 0 Å². The molecule has 2 aromatic heterocycles. The lowest BCUT2D eigenvalue weighted by atomic mass is 10.2. The average Bonchev–Trinajstić information content (AvgIpc) is 2.89. The van der Waals surface area contributed by atoms with Crippen LogP contribution in [0.2, 0.25) is 0 Å². The first-order valence-corrected chi connectivity index (χ1v) is 10.6. The van der Waals surface area contributed by atoms with Crippen LogP contribution in [0.15, 0.2) is 34.2 Å². The predicted molar refractivity (Wildman–Crippen MR) is 114 cm³/mol. The highest BCUT2D eigenvalue weighted by Gasteiger charge is 2.19. The van der Waals surface area contributed by atoms with E-state index in [4.69, 9.17) is 4.98 Å². The highest BCUT2D eigenvalue weighted by atomic mass is 32.2. The summed E-state index contributed by atoms with van der Waals surface area (Å²) in [4.78, 5) is 31.9. The lowest BCUT2D eigenvalue weighted by molar-refractivity contribution is -0.113. The number of anilines is 1. The maximum absolute atomic E-state index is 13.0. The lowest BCUT2D eigenvalue weighted by Crippen LogP contribution is -2.25. The molecule has 0 atom stereocenters. The van der Waals surface area contributed by atoms with Gasteiger partial charge in [0.1, 0.15) is 4.83 Å². The van der Waals surface area contributed by atoms with E-state index in [0.717, 1.165) is 26.5 Å². The second kappa shape index (κ2) is 7.86. The monoisotopic (exact) mass is 401 g/mol. The summed E-state index contributed by atoms with van der Waals surface area (Å²) >= 11 is 2.82. The number of carbonyl (C=O) groups excluding carboxylic acids is 1. The summed E-state index contributed by atoms with van der Waals surface area (Å²) < 4.78 is 1.69.